The first-order valence-corrected chi connectivity index (χ1v) is 4.40. The van der Waals surface area contributed by atoms with Crippen LogP contribution in [0, 0.1) is 11.8 Å². The number of piperidine rings is 2. The number of nitrogens with two attached hydrogens (primary N) is 1. The smallest absolute Gasteiger partial charge is 0.0160 e. The molecule has 2 atom stereocenters. The second-order valence-corrected chi connectivity index (χ2v) is 3.84. The zero-order valence-electron chi connectivity index (χ0n) is 6.87. The van der Waals surface area contributed by atoms with E-state index in [0.29, 0.717) is 6.04 Å². The van der Waals surface area contributed by atoms with Gasteiger partial charge in [0, 0.05) is 25.7 Å². The summed E-state index contributed by atoms with van der Waals surface area (Å²) in [6, 6.07) is 0.510. The number of fused-ring (bicyclic) bond motifs is 2. The summed E-state index contributed by atoms with van der Waals surface area (Å²) in [7, 11) is 0. The van der Waals surface area contributed by atoms with Gasteiger partial charge in [0.15, 0.2) is 0 Å². The molecule has 0 aromatic carbocycles. The van der Waals surface area contributed by atoms with E-state index in [0.717, 1.165) is 18.4 Å². The third-order valence-electron chi connectivity index (χ3n) is 3.07. The average Bonchev–Trinajstić information content (AvgIpc) is 2.05. The molecule has 1 aliphatic carbocycles. The Labute approximate surface area is 68.1 Å². The van der Waals surface area contributed by atoms with Crippen LogP contribution in [0.4, 0.5) is 0 Å². The summed E-state index contributed by atoms with van der Waals surface area (Å²) in [5.74, 6) is 1.57. The second kappa shape index (κ2) is 2.61. The number of hydrogen-bond acceptors (Lipinski definition) is 2. The van der Waals surface area contributed by atoms with Crippen LogP contribution in [0.15, 0.2) is 12.7 Å². The van der Waals surface area contributed by atoms with E-state index in [1.807, 2.05) is 6.08 Å². The Bertz CT molecular complexity index is 155. The van der Waals surface area contributed by atoms with Crippen molar-refractivity contribution >= 4 is 0 Å². The highest BCUT2D eigenvalue weighted by Gasteiger charge is 2.43. The monoisotopic (exact) mass is 152 g/mol. The van der Waals surface area contributed by atoms with E-state index >= 15 is 0 Å². The number of hydrogen-bond donors (Lipinski definition) is 1. The van der Waals surface area contributed by atoms with Crippen molar-refractivity contribution in [2.24, 2.45) is 17.6 Å². The molecule has 2 nitrogen and oxygen atoms in total. The predicted octanol–water partition coefficient (Wildman–Crippen LogP) is 0.451. The van der Waals surface area contributed by atoms with Crippen molar-refractivity contribution in [3.8, 4) is 0 Å². The highest BCUT2D eigenvalue weighted by atomic mass is 15.2. The summed E-state index contributed by atoms with van der Waals surface area (Å²) in [5, 5.41) is 0. The van der Waals surface area contributed by atoms with E-state index in [9.17, 15) is 0 Å². The average molecular weight is 152 g/mol. The molecule has 0 aromatic rings. The minimum atomic E-state index is 0.510. The fourth-order valence-corrected chi connectivity index (χ4v) is 2.35. The summed E-state index contributed by atoms with van der Waals surface area (Å²) >= 11 is 0. The van der Waals surface area contributed by atoms with Crippen LogP contribution in [0.1, 0.15) is 6.42 Å². The predicted molar refractivity (Wildman–Crippen MR) is 46.2 cm³/mol. The van der Waals surface area contributed by atoms with Crippen molar-refractivity contribution in [3.63, 3.8) is 0 Å². The molecule has 2 unspecified atom stereocenters. The Balaban J connectivity index is 1.89. The van der Waals surface area contributed by atoms with E-state index in [2.05, 4.69) is 11.5 Å². The summed E-state index contributed by atoms with van der Waals surface area (Å²) in [6.45, 7) is 7.18. The molecule has 2 saturated heterocycles. The van der Waals surface area contributed by atoms with Crippen molar-refractivity contribution in [1.82, 2.24) is 4.90 Å². The summed E-state index contributed by atoms with van der Waals surface area (Å²) in [6.07, 6.45) is 3.35. The van der Waals surface area contributed by atoms with Crippen LogP contribution in [-0.4, -0.2) is 30.6 Å². The Kier molecular flexibility index (Phi) is 1.74. The topological polar surface area (TPSA) is 29.3 Å². The lowest BCUT2D eigenvalue weighted by molar-refractivity contribution is 0.00913. The lowest BCUT2D eigenvalue weighted by atomic mass is 9.67. The van der Waals surface area contributed by atoms with Crippen LogP contribution < -0.4 is 5.73 Å². The summed E-state index contributed by atoms with van der Waals surface area (Å²) < 4.78 is 0. The van der Waals surface area contributed by atoms with Gasteiger partial charge in [-0.1, -0.05) is 6.08 Å². The number of rotatable bonds is 2. The molecular formula is C9H16N2. The van der Waals surface area contributed by atoms with Crippen LogP contribution in [0.5, 0.6) is 0 Å². The lowest BCUT2D eigenvalue weighted by Crippen LogP contribution is -2.61. The minimum Gasteiger partial charge on any atom is -0.327 e. The van der Waals surface area contributed by atoms with Gasteiger partial charge in [0.2, 0.25) is 0 Å². The summed E-state index contributed by atoms with van der Waals surface area (Å²) in [5.41, 5.74) is 5.93. The van der Waals surface area contributed by atoms with E-state index in [1.165, 1.54) is 19.5 Å². The molecule has 62 valence electrons. The maximum atomic E-state index is 5.93. The zero-order chi connectivity index (χ0) is 7.84. The first-order valence-electron chi connectivity index (χ1n) is 4.40. The van der Waals surface area contributed by atoms with Crippen LogP contribution in [-0.2, 0) is 0 Å². The zero-order valence-corrected chi connectivity index (χ0v) is 6.87. The molecule has 3 aliphatic rings. The maximum Gasteiger partial charge on any atom is 0.0160 e. The van der Waals surface area contributed by atoms with Crippen molar-refractivity contribution in [1.29, 1.82) is 0 Å². The largest absolute Gasteiger partial charge is 0.327 e. The third kappa shape index (κ3) is 1.10. The SMILES string of the molecule is C=CCN1CC2CC(C1)C2N. The third-order valence-corrected chi connectivity index (χ3v) is 3.07. The van der Waals surface area contributed by atoms with Crippen molar-refractivity contribution in [3.05, 3.63) is 12.7 Å². The molecule has 0 radical (unpaired) electrons. The molecule has 2 heterocycles. The first kappa shape index (κ1) is 7.32. The van der Waals surface area contributed by atoms with Gasteiger partial charge in [-0.15, -0.1) is 6.58 Å². The highest BCUT2D eigenvalue weighted by Crippen LogP contribution is 2.38. The Morgan fingerprint density at radius 1 is 1.45 bits per heavy atom. The van der Waals surface area contributed by atoms with Gasteiger partial charge in [0.1, 0.15) is 0 Å². The first-order chi connectivity index (χ1) is 5.31. The molecule has 0 aromatic heterocycles. The van der Waals surface area contributed by atoms with Gasteiger partial charge < -0.3 is 5.73 Å². The van der Waals surface area contributed by atoms with Crippen LogP contribution in [0.2, 0.25) is 0 Å². The van der Waals surface area contributed by atoms with Gasteiger partial charge in [-0.05, 0) is 18.3 Å². The van der Waals surface area contributed by atoms with Gasteiger partial charge in [-0.25, -0.2) is 0 Å². The summed E-state index contributed by atoms with van der Waals surface area (Å²) in [4.78, 5) is 2.45. The van der Waals surface area contributed by atoms with Crippen molar-refractivity contribution in [2.45, 2.75) is 12.5 Å². The molecule has 2 aliphatic heterocycles. The Morgan fingerprint density at radius 3 is 2.55 bits per heavy atom. The van der Waals surface area contributed by atoms with Crippen LogP contribution in [0.25, 0.3) is 0 Å². The maximum absolute atomic E-state index is 5.93. The highest BCUT2D eigenvalue weighted by molar-refractivity contribution is 5.00. The molecular weight excluding hydrogens is 136 g/mol. The Morgan fingerprint density at radius 2 is 2.09 bits per heavy atom. The fourth-order valence-electron chi connectivity index (χ4n) is 2.35. The van der Waals surface area contributed by atoms with Gasteiger partial charge >= 0.3 is 0 Å². The van der Waals surface area contributed by atoms with Gasteiger partial charge in [0.25, 0.3) is 0 Å². The van der Waals surface area contributed by atoms with Gasteiger partial charge in [-0.2, -0.15) is 0 Å². The quantitative estimate of drug-likeness (QED) is 0.582. The molecule has 1 saturated carbocycles. The normalized spacial score (nSPS) is 43.2. The molecule has 3 rings (SSSR count). The number of nitrogens with zero attached hydrogens (tertiary/aromatic N) is 1. The van der Waals surface area contributed by atoms with Crippen molar-refractivity contribution < 1.29 is 0 Å². The van der Waals surface area contributed by atoms with Crippen LogP contribution >= 0.6 is 0 Å². The van der Waals surface area contributed by atoms with Gasteiger partial charge in [-0.3, -0.25) is 4.90 Å². The molecule has 2 heteroatoms. The van der Waals surface area contributed by atoms with Crippen molar-refractivity contribution in [2.75, 3.05) is 19.6 Å². The molecule has 2 bridgehead atoms. The standard InChI is InChI=1S/C9H16N2/c1-2-3-11-5-7-4-8(6-11)9(7)10/h2,7-9H,1,3-6,10H2. The van der Waals surface area contributed by atoms with Crippen LogP contribution in [0.3, 0.4) is 0 Å². The lowest BCUT2D eigenvalue weighted by Gasteiger charge is -2.52. The van der Waals surface area contributed by atoms with Gasteiger partial charge in [0.05, 0.1) is 0 Å². The molecule has 0 spiro atoms. The van der Waals surface area contributed by atoms with E-state index < -0.39 is 0 Å². The van der Waals surface area contributed by atoms with E-state index in [4.69, 9.17) is 5.73 Å². The molecule has 0 amide bonds. The minimum absolute atomic E-state index is 0.510. The van der Waals surface area contributed by atoms with E-state index in [-0.39, 0.29) is 0 Å². The molecule has 3 fully saturated rings. The fraction of sp³-hybridized carbons (Fsp3) is 0.778. The molecule has 2 N–H and O–H groups in total. The van der Waals surface area contributed by atoms with E-state index in [1.54, 1.807) is 0 Å². The Hall–Kier alpha value is -0.340. The second-order valence-electron chi connectivity index (χ2n) is 3.84. The molecule has 11 heavy (non-hydrogen) atoms.